The van der Waals surface area contributed by atoms with Gasteiger partial charge in [-0.25, -0.2) is 0 Å². The molecule has 1 fully saturated rings. The standard InChI is InChI=1S/C14H22N2/c1-3-15-14(10-12-7-8-12)11(2)13-6-4-5-9-16-13/h4-6,9,11-12,14-15H,3,7-8,10H2,1-2H3. The predicted octanol–water partition coefficient (Wildman–Crippen LogP) is 2.96. The molecule has 1 aromatic heterocycles. The van der Waals surface area contributed by atoms with Gasteiger partial charge < -0.3 is 5.32 Å². The Morgan fingerprint density at radius 3 is 2.81 bits per heavy atom. The van der Waals surface area contributed by atoms with E-state index in [1.54, 1.807) is 0 Å². The Hall–Kier alpha value is -0.890. The molecule has 0 amide bonds. The number of nitrogens with one attached hydrogen (secondary N) is 1. The van der Waals surface area contributed by atoms with Crippen molar-refractivity contribution >= 4 is 0 Å². The Morgan fingerprint density at radius 2 is 2.25 bits per heavy atom. The number of aromatic nitrogens is 1. The molecule has 1 aromatic rings. The van der Waals surface area contributed by atoms with Crippen LogP contribution < -0.4 is 5.32 Å². The summed E-state index contributed by atoms with van der Waals surface area (Å²) in [5.74, 6) is 1.48. The number of nitrogens with zero attached hydrogens (tertiary/aromatic N) is 1. The average molecular weight is 218 g/mol. The summed E-state index contributed by atoms with van der Waals surface area (Å²) in [6, 6.07) is 6.80. The summed E-state index contributed by atoms with van der Waals surface area (Å²) in [6.07, 6.45) is 6.06. The van der Waals surface area contributed by atoms with E-state index in [-0.39, 0.29) is 0 Å². The molecular weight excluding hydrogens is 196 g/mol. The summed E-state index contributed by atoms with van der Waals surface area (Å²) in [6.45, 7) is 5.53. The lowest BCUT2D eigenvalue weighted by Crippen LogP contribution is -2.34. The van der Waals surface area contributed by atoms with E-state index in [1.165, 1.54) is 25.0 Å². The lowest BCUT2D eigenvalue weighted by atomic mass is 9.93. The first kappa shape index (κ1) is 11.6. The van der Waals surface area contributed by atoms with Gasteiger partial charge in [0.25, 0.3) is 0 Å². The molecule has 2 atom stereocenters. The Morgan fingerprint density at radius 1 is 1.44 bits per heavy atom. The quantitative estimate of drug-likeness (QED) is 0.794. The molecule has 1 aliphatic rings. The normalized spacial score (nSPS) is 19.4. The molecule has 0 bridgehead atoms. The van der Waals surface area contributed by atoms with Crippen LogP contribution in [-0.4, -0.2) is 17.6 Å². The highest BCUT2D eigenvalue weighted by atomic mass is 14.9. The minimum atomic E-state index is 0.516. The van der Waals surface area contributed by atoms with Crippen LogP contribution in [0.5, 0.6) is 0 Å². The van der Waals surface area contributed by atoms with Crippen molar-refractivity contribution in [1.82, 2.24) is 10.3 Å². The Kier molecular flexibility index (Phi) is 3.94. The fourth-order valence-electron chi connectivity index (χ4n) is 2.29. The van der Waals surface area contributed by atoms with Gasteiger partial charge in [-0.2, -0.15) is 0 Å². The van der Waals surface area contributed by atoms with Gasteiger partial charge in [-0.05, 0) is 31.0 Å². The van der Waals surface area contributed by atoms with Crippen molar-refractivity contribution < 1.29 is 0 Å². The summed E-state index contributed by atoms with van der Waals surface area (Å²) >= 11 is 0. The highest BCUT2D eigenvalue weighted by Gasteiger charge is 2.28. The molecule has 0 spiro atoms. The smallest absolute Gasteiger partial charge is 0.0447 e. The SMILES string of the molecule is CCNC(CC1CC1)C(C)c1ccccn1. The predicted molar refractivity (Wildman–Crippen MR) is 67.5 cm³/mol. The fourth-order valence-corrected chi connectivity index (χ4v) is 2.29. The Bertz CT molecular complexity index is 306. The molecule has 1 heterocycles. The minimum Gasteiger partial charge on any atom is -0.314 e. The first-order chi connectivity index (χ1) is 7.81. The van der Waals surface area contributed by atoms with E-state index in [1.807, 2.05) is 12.3 Å². The van der Waals surface area contributed by atoms with E-state index >= 15 is 0 Å². The third kappa shape index (κ3) is 3.05. The summed E-state index contributed by atoms with van der Waals surface area (Å²) in [4.78, 5) is 4.47. The topological polar surface area (TPSA) is 24.9 Å². The van der Waals surface area contributed by atoms with Crippen LogP contribution in [0.15, 0.2) is 24.4 Å². The zero-order valence-electron chi connectivity index (χ0n) is 10.3. The van der Waals surface area contributed by atoms with E-state index in [9.17, 15) is 0 Å². The molecule has 0 aromatic carbocycles. The van der Waals surface area contributed by atoms with Crippen molar-refractivity contribution in [2.45, 2.75) is 45.1 Å². The maximum Gasteiger partial charge on any atom is 0.0447 e. The van der Waals surface area contributed by atoms with Crippen LogP contribution in [0, 0.1) is 5.92 Å². The molecule has 2 heteroatoms. The lowest BCUT2D eigenvalue weighted by molar-refractivity contribution is 0.409. The second kappa shape index (κ2) is 5.44. The molecule has 2 unspecified atom stereocenters. The summed E-state index contributed by atoms with van der Waals surface area (Å²) in [5.41, 5.74) is 1.22. The second-order valence-electron chi connectivity index (χ2n) is 4.89. The molecular formula is C14H22N2. The van der Waals surface area contributed by atoms with Gasteiger partial charge in [-0.3, -0.25) is 4.98 Å². The van der Waals surface area contributed by atoms with Crippen LogP contribution in [0.4, 0.5) is 0 Å². The van der Waals surface area contributed by atoms with Gasteiger partial charge in [0.1, 0.15) is 0 Å². The van der Waals surface area contributed by atoms with Crippen LogP contribution in [0.25, 0.3) is 0 Å². The van der Waals surface area contributed by atoms with E-state index < -0.39 is 0 Å². The van der Waals surface area contributed by atoms with Gasteiger partial charge in [0.15, 0.2) is 0 Å². The van der Waals surface area contributed by atoms with Gasteiger partial charge >= 0.3 is 0 Å². The van der Waals surface area contributed by atoms with Gasteiger partial charge in [-0.15, -0.1) is 0 Å². The fraction of sp³-hybridized carbons (Fsp3) is 0.643. The molecule has 88 valence electrons. The van der Waals surface area contributed by atoms with Crippen LogP contribution in [-0.2, 0) is 0 Å². The number of pyridine rings is 1. The van der Waals surface area contributed by atoms with Crippen LogP contribution in [0.1, 0.15) is 44.7 Å². The molecule has 0 radical (unpaired) electrons. The lowest BCUT2D eigenvalue weighted by Gasteiger charge is -2.24. The van der Waals surface area contributed by atoms with Crippen LogP contribution in [0.2, 0.25) is 0 Å². The summed E-state index contributed by atoms with van der Waals surface area (Å²) < 4.78 is 0. The minimum absolute atomic E-state index is 0.516. The zero-order chi connectivity index (χ0) is 11.4. The third-order valence-electron chi connectivity index (χ3n) is 3.51. The number of hydrogen-bond acceptors (Lipinski definition) is 2. The third-order valence-corrected chi connectivity index (χ3v) is 3.51. The van der Waals surface area contributed by atoms with Gasteiger partial charge in [0, 0.05) is 23.9 Å². The van der Waals surface area contributed by atoms with E-state index in [0.717, 1.165) is 12.5 Å². The average Bonchev–Trinajstić information content (AvgIpc) is 3.13. The highest BCUT2D eigenvalue weighted by molar-refractivity contribution is 5.11. The molecule has 1 aliphatic carbocycles. The molecule has 1 saturated carbocycles. The number of rotatable bonds is 6. The maximum absolute atomic E-state index is 4.47. The summed E-state index contributed by atoms with van der Waals surface area (Å²) in [7, 11) is 0. The maximum atomic E-state index is 4.47. The zero-order valence-corrected chi connectivity index (χ0v) is 10.3. The van der Waals surface area contributed by atoms with Gasteiger partial charge in [0.05, 0.1) is 0 Å². The van der Waals surface area contributed by atoms with Crippen LogP contribution >= 0.6 is 0 Å². The van der Waals surface area contributed by atoms with Gasteiger partial charge in [0.2, 0.25) is 0 Å². The van der Waals surface area contributed by atoms with Crippen molar-refractivity contribution in [1.29, 1.82) is 0 Å². The van der Waals surface area contributed by atoms with E-state index in [2.05, 4.69) is 36.3 Å². The molecule has 1 N–H and O–H groups in total. The molecule has 0 aliphatic heterocycles. The first-order valence-electron chi connectivity index (χ1n) is 6.45. The largest absolute Gasteiger partial charge is 0.314 e. The number of hydrogen-bond donors (Lipinski definition) is 1. The van der Waals surface area contributed by atoms with Gasteiger partial charge in [-0.1, -0.05) is 32.8 Å². The number of likely N-dealkylation sites (N-methyl/N-ethyl adjacent to an activating group) is 1. The Labute approximate surface area is 98.5 Å². The molecule has 2 rings (SSSR count). The van der Waals surface area contributed by atoms with Crippen molar-refractivity contribution in [2.24, 2.45) is 5.92 Å². The molecule has 0 saturated heterocycles. The highest BCUT2D eigenvalue weighted by Crippen LogP contribution is 2.36. The van der Waals surface area contributed by atoms with Crippen molar-refractivity contribution in [2.75, 3.05) is 6.54 Å². The molecule has 16 heavy (non-hydrogen) atoms. The Balaban J connectivity index is 2.00. The van der Waals surface area contributed by atoms with Crippen LogP contribution in [0.3, 0.4) is 0 Å². The van der Waals surface area contributed by atoms with Crippen molar-refractivity contribution in [3.8, 4) is 0 Å². The van der Waals surface area contributed by atoms with E-state index in [0.29, 0.717) is 12.0 Å². The second-order valence-corrected chi connectivity index (χ2v) is 4.89. The van der Waals surface area contributed by atoms with E-state index in [4.69, 9.17) is 0 Å². The van der Waals surface area contributed by atoms with Crippen molar-refractivity contribution in [3.63, 3.8) is 0 Å². The van der Waals surface area contributed by atoms with Crippen molar-refractivity contribution in [3.05, 3.63) is 30.1 Å². The molecule has 2 nitrogen and oxygen atoms in total. The first-order valence-corrected chi connectivity index (χ1v) is 6.45. The summed E-state index contributed by atoms with van der Waals surface area (Å²) in [5, 5.41) is 3.61. The monoisotopic (exact) mass is 218 g/mol.